The van der Waals surface area contributed by atoms with Crippen LogP contribution in [0.4, 0.5) is 0 Å². The van der Waals surface area contributed by atoms with Gasteiger partial charge in [0.05, 0.1) is 12.0 Å². The van der Waals surface area contributed by atoms with Crippen LogP contribution in [0.5, 0.6) is 0 Å². The summed E-state index contributed by atoms with van der Waals surface area (Å²) >= 11 is 6.96. The Hall–Kier alpha value is -0.160. The summed E-state index contributed by atoms with van der Waals surface area (Å²) in [5.41, 5.74) is 1.01. The number of rotatable bonds is 3. The Morgan fingerprint density at radius 2 is 2.06 bits per heavy atom. The highest BCUT2D eigenvalue weighted by atomic mass is 79.9. The minimum absolute atomic E-state index is 0.0356. The Labute approximate surface area is 124 Å². The first-order chi connectivity index (χ1) is 8.58. The molecular formula is C13H18Br2N2O. The maximum atomic E-state index is 12.2. The van der Waals surface area contributed by atoms with Crippen LogP contribution in [-0.4, -0.2) is 14.9 Å². The molecule has 0 bridgehead atoms. The van der Waals surface area contributed by atoms with Gasteiger partial charge in [-0.3, -0.25) is 9.36 Å². The number of hydrogen-bond donors (Lipinski definition) is 0. The minimum Gasteiger partial charge on any atom is -0.298 e. The highest BCUT2D eigenvalue weighted by Crippen LogP contribution is 2.39. The quantitative estimate of drug-likeness (QED) is 0.753. The van der Waals surface area contributed by atoms with Gasteiger partial charge in [0.2, 0.25) is 0 Å². The van der Waals surface area contributed by atoms with Crippen LogP contribution in [0.25, 0.3) is 0 Å². The van der Waals surface area contributed by atoms with Gasteiger partial charge in [0.1, 0.15) is 4.47 Å². The van der Waals surface area contributed by atoms with Gasteiger partial charge in [-0.15, -0.1) is 0 Å². The molecule has 1 aliphatic carbocycles. The van der Waals surface area contributed by atoms with Crippen LogP contribution < -0.4 is 5.56 Å². The van der Waals surface area contributed by atoms with E-state index in [4.69, 9.17) is 0 Å². The molecule has 1 aromatic heterocycles. The fourth-order valence-corrected chi connectivity index (χ4v) is 3.72. The summed E-state index contributed by atoms with van der Waals surface area (Å²) in [5, 5.41) is 0.956. The van der Waals surface area contributed by atoms with Crippen molar-refractivity contribution in [3.63, 3.8) is 0 Å². The van der Waals surface area contributed by atoms with Crippen LogP contribution in [0.1, 0.15) is 37.8 Å². The van der Waals surface area contributed by atoms with E-state index in [1.54, 1.807) is 10.9 Å². The number of nitrogens with zero attached hydrogens (tertiary/aromatic N) is 2. The van der Waals surface area contributed by atoms with E-state index in [9.17, 15) is 4.79 Å². The molecule has 1 fully saturated rings. The second-order valence-corrected chi connectivity index (χ2v) is 6.63. The van der Waals surface area contributed by atoms with E-state index in [-0.39, 0.29) is 11.0 Å². The number of aryl methyl sites for hydroxylation is 1. The van der Waals surface area contributed by atoms with E-state index < -0.39 is 0 Å². The Kier molecular flexibility index (Phi) is 4.64. The Bertz CT molecular complexity index is 478. The van der Waals surface area contributed by atoms with Gasteiger partial charge in [-0.05, 0) is 41.1 Å². The molecule has 0 aromatic carbocycles. The molecule has 0 N–H and O–H groups in total. The summed E-state index contributed by atoms with van der Waals surface area (Å²) in [6.45, 7) is 2.61. The molecule has 5 heteroatoms. The van der Waals surface area contributed by atoms with Crippen molar-refractivity contribution in [1.29, 1.82) is 0 Å². The van der Waals surface area contributed by atoms with Crippen LogP contribution >= 0.6 is 31.9 Å². The molecule has 1 aliphatic rings. The standard InChI is InChI=1S/C13H18Br2N2O/c1-10-11(15)12(18)17(9-16-10)8-13(7-14)5-3-2-4-6-13/h9H,2-8H2,1H3. The molecule has 1 saturated carbocycles. The number of alkyl halides is 1. The molecule has 1 heterocycles. The molecule has 0 atom stereocenters. The second-order valence-electron chi connectivity index (χ2n) is 5.27. The molecule has 0 amide bonds. The van der Waals surface area contributed by atoms with E-state index in [2.05, 4.69) is 36.8 Å². The predicted molar refractivity (Wildman–Crippen MR) is 80.2 cm³/mol. The van der Waals surface area contributed by atoms with Crippen molar-refractivity contribution in [3.05, 3.63) is 26.8 Å². The maximum Gasteiger partial charge on any atom is 0.267 e. The van der Waals surface area contributed by atoms with Crippen molar-refractivity contribution in [2.24, 2.45) is 5.41 Å². The van der Waals surface area contributed by atoms with E-state index in [1.165, 1.54) is 32.1 Å². The predicted octanol–water partition coefficient (Wildman–Crippen LogP) is 3.66. The Morgan fingerprint density at radius 3 is 2.67 bits per heavy atom. The monoisotopic (exact) mass is 376 g/mol. The van der Waals surface area contributed by atoms with Gasteiger partial charge in [-0.2, -0.15) is 0 Å². The number of aromatic nitrogens is 2. The van der Waals surface area contributed by atoms with Crippen molar-refractivity contribution in [2.75, 3.05) is 5.33 Å². The average molecular weight is 378 g/mol. The van der Waals surface area contributed by atoms with Gasteiger partial charge in [-0.25, -0.2) is 4.98 Å². The van der Waals surface area contributed by atoms with Crippen molar-refractivity contribution >= 4 is 31.9 Å². The van der Waals surface area contributed by atoms with Crippen LogP contribution in [-0.2, 0) is 6.54 Å². The minimum atomic E-state index is 0.0356. The summed E-state index contributed by atoms with van der Waals surface area (Å²) in [4.78, 5) is 16.5. The zero-order valence-electron chi connectivity index (χ0n) is 10.6. The lowest BCUT2D eigenvalue weighted by Crippen LogP contribution is -2.36. The summed E-state index contributed by atoms with van der Waals surface area (Å²) in [6.07, 6.45) is 7.91. The van der Waals surface area contributed by atoms with Gasteiger partial charge >= 0.3 is 0 Å². The van der Waals surface area contributed by atoms with Gasteiger partial charge < -0.3 is 0 Å². The molecular weight excluding hydrogens is 360 g/mol. The molecule has 2 rings (SSSR count). The topological polar surface area (TPSA) is 34.9 Å². The number of hydrogen-bond acceptors (Lipinski definition) is 2. The van der Waals surface area contributed by atoms with Crippen molar-refractivity contribution < 1.29 is 0 Å². The first-order valence-corrected chi connectivity index (χ1v) is 8.27. The lowest BCUT2D eigenvalue weighted by Gasteiger charge is -2.36. The molecule has 0 radical (unpaired) electrons. The lowest BCUT2D eigenvalue weighted by molar-refractivity contribution is 0.188. The normalized spacial score (nSPS) is 18.8. The fraction of sp³-hybridized carbons (Fsp3) is 0.692. The van der Waals surface area contributed by atoms with Crippen LogP contribution in [0.15, 0.2) is 15.6 Å². The van der Waals surface area contributed by atoms with E-state index in [0.717, 1.165) is 17.6 Å². The summed E-state index contributed by atoms with van der Waals surface area (Å²) < 4.78 is 2.34. The van der Waals surface area contributed by atoms with Gasteiger partial charge in [-0.1, -0.05) is 35.2 Å². The smallest absolute Gasteiger partial charge is 0.267 e. The molecule has 100 valence electrons. The van der Waals surface area contributed by atoms with Gasteiger partial charge in [0.15, 0.2) is 0 Å². The summed E-state index contributed by atoms with van der Waals surface area (Å²) in [7, 11) is 0. The zero-order chi connectivity index (χ0) is 13.2. The molecule has 3 nitrogen and oxygen atoms in total. The third kappa shape index (κ3) is 2.87. The summed E-state index contributed by atoms with van der Waals surface area (Å²) in [6, 6.07) is 0. The molecule has 0 aliphatic heterocycles. The second kappa shape index (κ2) is 5.87. The molecule has 1 aromatic rings. The zero-order valence-corrected chi connectivity index (χ0v) is 13.8. The Morgan fingerprint density at radius 1 is 1.39 bits per heavy atom. The van der Waals surface area contributed by atoms with Crippen LogP contribution in [0.3, 0.4) is 0 Å². The van der Waals surface area contributed by atoms with Gasteiger partial charge in [0, 0.05) is 11.9 Å². The van der Waals surface area contributed by atoms with E-state index in [1.807, 2.05) is 6.92 Å². The molecule has 18 heavy (non-hydrogen) atoms. The summed E-state index contributed by atoms with van der Waals surface area (Å²) in [5.74, 6) is 0. The maximum absolute atomic E-state index is 12.2. The Balaban J connectivity index is 2.27. The van der Waals surface area contributed by atoms with Crippen molar-refractivity contribution in [2.45, 2.75) is 45.6 Å². The third-order valence-electron chi connectivity index (χ3n) is 3.86. The lowest BCUT2D eigenvalue weighted by atomic mass is 9.75. The fourth-order valence-electron chi connectivity index (χ4n) is 2.66. The first kappa shape index (κ1) is 14.3. The molecule has 0 saturated heterocycles. The first-order valence-electron chi connectivity index (χ1n) is 6.35. The molecule has 0 unspecified atom stereocenters. The largest absolute Gasteiger partial charge is 0.298 e. The highest BCUT2D eigenvalue weighted by Gasteiger charge is 2.31. The van der Waals surface area contributed by atoms with Crippen LogP contribution in [0.2, 0.25) is 0 Å². The van der Waals surface area contributed by atoms with E-state index in [0.29, 0.717) is 4.47 Å². The van der Waals surface area contributed by atoms with Crippen LogP contribution in [0, 0.1) is 12.3 Å². The number of halogens is 2. The van der Waals surface area contributed by atoms with Gasteiger partial charge in [0.25, 0.3) is 5.56 Å². The molecule has 0 spiro atoms. The highest BCUT2D eigenvalue weighted by molar-refractivity contribution is 9.10. The third-order valence-corrected chi connectivity index (χ3v) is 5.96. The average Bonchev–Trinajstić information content (AvgIpc) is 2.41. The van der Waals surface area contributed by atoms with Crippen molar-refractivity contribution in [1.82, 2.24) is 9.55 Å². The van der Waals surface area contributed by atoms with Crippen molar-refractivity contribution in [3.8, 4) is 0 Å². The van der Waals surface area contributed by atoms with E-state index >= 15 is 0 Å². The SMILES string of the molecule is Cc1ncn(CC2(CBr)CCCCC2)c(=O)c1Br.